The molecule has 1 aromatic carbocycles. The van der Waals surface area contributed by atoms with Crippen LogP contribution in [0.4, 0.5) is 4.39 Å². The maximum absolute atomic E-state index is 13.8. The standard InChI is InChI=1S/C18H24FN3O2/c1-3-12(2)16-18(24)22-9-8-21(11-15(22)17(23)20-16)10-13-6-4-5-7-14(13)19/h4-7,12,15-16H,3,8-11H2,1-2H3,(H,20,23)/t12-,15+,16-/m0/s1. The van der Waals surface area contributed by atoms with Crippen LogP contribution in [0.25, 0.3) is 0 Å². The number of nitrogens with zero attached hydrogens (tertiary/aromatic N) is 2. The summed E-state index contributed by atoms with van der Waals surface area (Å²) in [5.41, 5.74) is 0.617. The van der Waals surface area contributed by atoms with E-state index in [2.05, 4.69) is 5.32 Å². The lowest BCUT2D eigenvalue weighted by Crippen LogP contribution is -2.70. The number of hydrogen-bond acceptors (Lipinski definition) is 3. The summed E-state index contributed by atoms with van der Waals surface area (Å²) < 4.78 is 13.8. The van der Waals surface area contributed by atoms with Crippen LogP contribution in [0.15, 0.2) is 24.3 Å². The van der Waals surface area contributed by atoms with Crippen LogP contribution >= 0.6 is 0 Å². The van der Waals surface area contributed by atoms with E-state index in [-0.39, 0.29) is 23.5 Å². The number of carbonyl (C=O) groups excluding carboxylic acids is 2. The summed E-state index contributed by atoms with van der Waals surface area (Å²) in [7, 11) is 0. The van der Waals surface area contributed by atoms with E-state index in [1.165, 1.54) is 6.07 Å². The molecule has 2 aliphatic rings. The molecule has 2 amide bonds. The highest BCUT2D eigenvalue weighted by Gasteiger charge is 2.44. The van der Waals surface area contributed by atoms with Crippen LogP contribution in [-0.4, -0.2) is 53.3 Å². The van der Waals surface area contributed by atoms with Gasteiger partial charge in [-0.05, 0) is 12.0 Å². The predicted molar refractivity (Wildman–Crippen MR) is 88.6 cm³/mol. The molecule has 6 heteroatoms. The minimum Gasteiger partial charge on any atom is -0.342 e. The van der Waals surface area contributed by atoms with Gasteiger partial charge in [-0.3, -0.25) is 14.5 Å². The molecular formula is C18H24FN3O2. The van der Waals surface area contributed by atoms with Gasteiger partial charge in [0.25, 0.3) is 0 Å². The quantitative estimate of drug-likeness (QED) is 0.906. The smallest absolute Gasteiger partial charge is 0.246 e. The number of amides is 2. The summed E-state index contributed by atoms with van der Waals surface area (Å²) in [6.45, 7) is 6.06. The molecule has 1 aromatic rings. The van der Waals surface area contributed by atoms with Crippen molar-refractivity contribution in [2.75, 3.05) is 19.6 Å². The number of benzene rings is 1. The number of piperazine rings is 2. The lowest BCUT2D eigenvalue weighted by molar-refractivity contribution is -0.154. The molecule has 0 saturated carbocycles. The van der Waals surface area contributed by atoms with E-state index in [0.29, 0.717) is 31.7 Å². The summed E-state index contributed by atoms with van der Waals surface area (Å²) >= 11 is 0. The van der Waals surface area contributed by atoms with Gasteiger partial charge >= 0.3 is 0 Å². The van der Waals surface area contributed by atoms with Gasteiger partial charge in [0, 0.05) is 31.7 Å². The van der Waals surface area contributed by atoms with Crippen molar-refractivity contribution in [1.29, 1.82) is 0 Å². The first-order chi connectivity index (χ1) is 11.5. The molecule has 0 spiro atoms. The van der Waals surface area contributed by atoms with Crippen LogP contribution in [0.1, 0.15) is 25.8 Å². The van der Waals surface area contributed by atoms with Crippen molar-refractivity contribution in [2.45, 2.75) is 38.9 Å². The number of fused-ring (bicyclic) bond motifs is 1. The Bertz CT molecular complexity index is 636. The second-order valence-corrected chi connectivity index (χ2v) is 6.75. The van der Waals surface area contributed by atoms with Gasteiger partial charge < -0.3 is 10.2 Å². The molecule has 2 saturated heterocycles. The topological polar surface area (TPSA) is 52.7 Å². The Hall–Kier alpha value is -1.95. The average Bonchev–Trinajstić information content (AvgIpc) is 2.59. The molecule has 2 fully saturated rings. The van der Waals surface area contributed by atoms with E-state index in [1.807, 2.05) is 24.8 Å². The van der Waals surface area contributed by atoms with Crippen molar-refractivity contribution in [3.63, 3.8) is 0 Å². The zero-order valence-corrected chi connectivity index (χ0v) is 14.2. The molecule has 24 heavy (non-hydrogen) atoms. The summed E-state index contributed by atoms with van der Waals surface area (Å²) in [6, 6.07) is 5.78. The van der Waals surface area contributed by atoms with Crippen LogP contribution in [0.2, 0.25) is 0 Å². The Labute approximate surface area is 141 Å². The Morgan fingerprint density at radius 1 is 1.29 bits per heavy atom. The summed E-state index contributed by atoms with van der Waals surface area (Å²) in [6.07, 6.45) is 0.842. The molecule has 1 N–H and O–H groups in total. The summed E-state index contributed by atoms with van der Waals surface area (Å²) in [4.78, 5) is 28.9. The van der Waals surface area contributed by atoms with Crippen LogP contribution in [0.5, 0.6) is 0 Å². The summed E-state index contributed by atoms with van der Waals surface area (Å²) in [5, 5.41) is 2.88. The van der Waals surface area contributed by atoms with Crippen LogP contribution in [0.3, 0.4) is 0 Å². The van der Waals surface area contributed by atoms with E-state index in [9.17, 15) is 14.0 Å². The maximum atomic E-state index is 13.8. The van der Waals surface area contributed by atoms with Gasteiger partial charge in [-0.15, -0.1) is 0 Å². The minimum atomic E-state index is -0.474. The van der Waals surface area contributed by atoms with E-state index in [4.69, 9.17) is 0 Å². The fourth-order valence-corrected chi connectivity index (χ4v) is 3.45. The first-order valence-corrected chi connectivity index (χ1v) is 8.58. The number of hydrogen-bond donors (Lipinski definition) is 1. The van der Waals surface area contributed by atoms with Crippen molar-refractivity contribution >= 4 is 11.8 Å². The number of halogens is 1. The molecule has 3 rings (SSSR count). The fourth-order valence-electron chi connectivity index (χ4n) is 3.45. The van der Waals surface area contributed by atoms with Gasteiger partial charge in [0.2, 0.25) is 11.8 Å². The van der Waals surface area contributed by atoms with Gasteiger partial charge in [-0.2, -0.15) is 0 Å². The molecule has 2 heterocycles. The average molecular weight is 333 g/mol. The molecule has 0 unspecified atom stereocenters. The monoisotopic (exact) mass is 333 g/mol. The second-order valence-electron chi connectivity index (χ2n) is 6.75. The third-order valence-electron chi connectivity index (χ3n) is 5.18. The maximum Gasteiger partial charge on any atom is 0.246 e. The first kappa shape index (κ1) is 16.9. The summed E-state index contributed by atoms with van der Waals surface area (Å²) in [5.74, 6) is -0.197. The predicted octanol–water partition coefficient (Wildman–Crippen LogP) is 1.38. The number of nitrogens with one attached hydrogen (secondary N) is 1. The lowest BCUT2D eigenvalue weighted by atomic mass is 9.93. The van der Waals surface area contributed by atoms with Crippen molar-refractivity contribution in [1.82, 2.24) is 15.1 Å². The van der Waals surface area contributed by atoms with Gasteiger partial charge in [-0.1, -0.05) is 38.5 Å². The Balaban J connectivity index is 1.69. The molecule has 130 valence electrons. The fraction of sp³-hybridized carbons (Fsp3) is 0.556. The van der Waals surface area contributed by atoms with Gasteiger partial charge in [-0.25, -0.2) is 4.39 Å². The lowest BCUT2D eigenvalue weighted by Gasteiger charge is -2.46. The zero-order chi connectivity index (χ0) is 17.3. The molecule has 2 aliphatic heterocycles. The molecule has 3 atom stereocenters. The zero-order valence-electron chi connectivity index (χ0n) is 14.2. The SMILES string of the molecule is CC[C@H](C)[C@@H]1NC(=O)[C@H]2CN(Cc3ccccc3F)CCN2C1=O. The minimum absolute atomic E-state index is 0.0134. The van der Waals surface area contributed by atoms with E-state index in [0.717, 1.165) is 6.42 Å². The van der Waals surface area contributed by atoms with E-state index < -0.39 is 12.1 Å². The van der Waals surface area contributed by atoms with Gasteiger partial charge in [0.15, 0.2) is 0 Å². The molecule has 0 aromatic heterocycles. The largest absolute Gasteiger partial charge is 0.342 e. The van der Waals surface area contributed by atoms with Gasteiger partial charge in [0.05, 0.1) is 0 Å². The number of rotatable bonds is 4. The van der Waals surface area contributed by atoms with Crippen LogP contribution in [0, 0.1) is 11.7 Å². The third kappa shape index (κ3) is 3.15. The van der Waals surface area contributed by atoms with Crippen molar-refractivity contribution < 1.29 is 14.0 Å². The first-order valence-electron chi connectivity index (χ1n) is 8.58. The van der Waals surface area contributed by atoms with Crippen LogP contribution < -0.4 is 5.32 Å². The molecule has 0 radical (unpaired) electrons. The third-order valence-corrected chi connectivity index (χ3v) is 5.18. The Morgan fingerprint density at radius 2 is 2.04 bits per heavy atom. The molecule has 0 aliphatic carbocycles. The highest BCUT2D eigenvalue weighted by Crippen LogP contribution is 2.22. The second kappa shape index (κ2) is 6.89. The van der Waals surface area contributed by atoms with Crippen molar-refractivity contribution in [3.8, 4) is 0 Å². The Kier molecular flexibility index (Phi) is 4.85. The van der Waals surface area contributed by atoms with Gasteiger partial charge in [0.1, 0.15) is 17.9 Å². The van der Waals surface area contributed by atoms with Crippen molar-refractivity contribution in [3.05, 3.63) is 35.6 Å². The Morgan fingerprint density at radius 3 is 2.75 bits per heavy atom. The highest BCUT2D eigenvalue weighted by molar-refractivity contribution is 5.97. The molecular weight excluding hydrogens is 309 g/mol. The molecule has 0 bridgehead atoms. The van der Waals surface area contributed by atoms with Crippen molar-refractivity contribution in [2.24, 2.45) is 5.92 Å². The van der Waals surface area contributed by atoms with Crippen LogP contribution in [-0.2, 0) is 16.1 Å². The molecule has 5 nitrogen and oxygen atoms in total. The highest BCUT2D eigenvalue weighted by atomic mass is 19.1. The number of carbonyl (C=O) groups is 2. The van der Waals surface area contributed by atoms with E-state index in [1.54, 1.807) is 17.0 Å². The normalized spacial score (nSPS) is 26.0. The van der Waals surface area contributed by atoms with E-state index >= 15 is 0 Å².